The monoisotopic (exact) mass is 309 g/mol. The highest BCUT2D eigenvalue weighted by atomic mass is 32.2. The number of fused-ring (bicyclic) bond motifs is 1. The zero-order valence-electron chi connectivity index (χ0n) is 12.8. The quantitative estimate of drug-likeness (QED) is 0.933. The van der Waals surface area contributed by atoms with Crippen molar-refractivity contribution in [3.05, 3.63) is 24.3 Å². The van der Waals surface area contributed by atoms with Crippen molar-refractivity contribution in [2.45, 2.75) is 43.7 Å². The molecule has 2 aliphatic rings. The van der Waals surface area contributed by atoms with Gasteiger partial charge in [0, 0.05) is 35.9 Å². The predicted octanol–water partition coefficient (Wildman–Crippen LogP) is 2.71. The van der Waals surface area contributed by atoms with Crippen LogP contribution in [0.25, 0.3) is 0 Å². The van der Waals surface area contributed by atoms with Crippen molar-refractivity contribution in [2.24, 2.45) is 11.3 Å². The molecule has 1 saturated heterocycles. The Morgan fingerprint density at radius 2 is 2.10 bits per heavy atom. The van der Waals surface area contributed by atoms with Crippen LogP contribution in [-0.4, -0.2) is 33.4 Å². The summed E-state index contributed by atoms with van der Waals surface area (Å²) >= 11 is 0. The molecule has 0 aromatic heterocycles. The van der Waals surface area contributed by atoms with Crippen molar-refractivity contribution in [1.82, 2.24) is 0 Å². The van der Waals surface area contributed by atoms with Crippen LogP contribution in [0.1, 0.15) is 26.7 Å². The van der Waals surface area contributed by atoms with Crippen LogP contribution in [0.5, 0.6) is 0 Å². The standard InChI is InChI=1S/C16H23NO3S/c1-16(2)14(13-8-5-9-20-15(13)16)17-11-6-4-7-12(10-11)21(3,18)19/h4,6-7,10,13-15,17H,5,8-9H2,1-3H3. The van der Waals surface area contributed by atoms with Crippen molar-refractivity contribution < 1.29 is 13.2 Å². The first-order valence-corrected chi connectivity index (χ1v) is 9.37. The van der Waals surface area contributed by atoms with E-state index in [9.17, 15) is 8.42 Å². The van der Waals surface area contributed by atoms with Gasteiger partial charge in [-0.25, -0.2) is 8.42 Å². The maximum absolute atomic E-state index is 11.7. The first-order chi connectivity index (χ1) is 9.80. The normalized spacial score (nSPS) is 31.1. The van der Waals surface area contributed by atoms with Crippen LogP contribution >= 0.6 is 0 Å². The van der Waals surface area contributed by atoms with E-state index in [1.165, 1.54) is 12.7 Å². The van der Waals surface area contributed by atoms with Gasteiger partial charge in [0.2, 0.25) is 0 Å². The Morgan fingerprint density at radius 1 is 1.33 bits per heavy atom. The van der Waals surface area contributed by atoms with Crippen LogP contribution in [0.15, 0.2) is 29.2 Å². The number of hydrogen-bond acceptors (Lipinski definition) is 4. The molecule has 116 valence electrons. The van der Waals surface area contributed by atoms with Gasteiger partial charge in [-0.3, -0.25) is 0 Å². The topological polar surface area (TPSA) is 55.4 Å². The number of ether oxygens (including phenoxy) is 1. The third-order valence-electron chi connectivity index (χ3n) is 4.92. The van der Waals surface area contributed by atoms with E-state index in [-0.39, 0.29) is 5.41 Å². The number of benzene rings is 1. The van der Waals surface area contributed by atoms with Gasteiger partial charge in [-0.05, 0) is 31.0 Å². The molecular weight excluding hydrogens is 286 g/mol. The number of nitrogens with one attached hydrogen (secondary N) is 1. The van der Waals surface area contributed by atoms with E-state index < -0.39 is 9.84 Å². The Bertz CT molecular complexity index is 639. The molecule has 0 spiro atoms. The lowest BCUT2D eigenvalue weighted by atomic mass is 9.55. The summed E-state index contributed by atoms with van der Waals surface area (Å²) in [5.41, 5.74) is 0.951. The van der Waals surface area contributed by atoms with Crippen LogP contribution in [0, 0.1) is 11.3 Å². The van der Waals surface area contributed by atoms with Gasteiger partial charge < -0.3 is 10.1 Å². The highest BCUT2D eigenvalue weighted by molar-refractivity contribution is 7.90. The molecule has 1 N–H and O–H groups in total. The molecule has 4 nitrogen and oxygen atoms in total. The summed E-state index contributed by atoms with van der Waals surface area (Å²) in [6.45, 7) is 5.30. The second-order valence-electron chi connectivity index (χ2n) is 6.84. The summed E-state index contributed by atoms with van der Waals surface area (Å²) in [4.78, 5) is 0.362. The Balaban J connectivity index is 1.81. The lowest BCUT2D eigenvalue weighted by Gasteiger charge is -2.60. The number of rotatable bonds is 3. The summed E-state index contributed by atoms with van der Waals surface area (Å²) in [5.74, 6) is 0.524. The molecule has 0 radical (unpaired) electrons. The summed E-state index contributed by atoms with van der Waals surface area (Å²) in [5, 5.41) is 3.54. The average Bonchev–Trinajstić information content (AvgIpc) is 2.44. The van der Waals surface area contributed by atoms with E-state index in [1.54, 1.807) is 18.2 Å². The minimum atomic E-state index is -3.17. The van der Waals surface area contributed by atoms with Crippen molar-refractivity contribution in [3.8, 4) is 0 Å². The van der Waals surface area contributed by atoms with Gasteiger partial charge in [0.1, 0.15) is 0 Å². The van der Waals surface area contributed by atoms with Gasteiger partial charge in [0.25, 0.3) is 0 Å². The summed E-state index contributed by atoms with van der Waals surface area (Å²) in [6, 6.07) is 7.42. The molecule has 3 atom stereocenters. The van der Waals surface area contributed by atoms with E-state index in [2.05, 4.69) is 19.2 Å². The fourth-order valence-corrected chi connectivity index (χ4v) is 4.48. The molecule has 2 fully saturated rings. The summed E-state index contributed by atoms with van der Waals surface area (Å²) in [7, 11) is -3.17. The smallest absolute Gasteiger partial charge is 0.175 e. The second kappa shape index (κ2) is 4.99. The first-order valence-electron chi connectivity index (χ1n) is 7.48. The fourth-order valence-electron chi connectivity index (χ4n) is 3.81. The Labute approximate surface area is 126 Å². The number of hydrogen-bond donors (Lipinski definition) is 1. The van der Waals surface area contributed by atoms with Crippen molar-refractivity contribution in [2.75, 3.05) is 18.2 Å². The molecule has 0 bridgehead atoms. The Kier molecular flexibility index (Phi) is 3.53. The van der Waals surface area contributed by atoms with Crippen LogP contribution in [0.4, 0.5) is 5.69 Å². The van der Waals surface area contributed by atoms with E-state index in [0.29, 0.717) is 23.0 Å². The molecule has 5 heteroatoms. The molecule has 3 unspecified atom stereocenters. The Morgan fingerprint density at radius 3 is 2.81 bits per heavy atom. The highest BCUT2D eigenvalue weighted by Gasteiger charge is 2.57. The number of anilines is 1. The second-order valence-corrected chi connectivity index (χ2v) is 8.86. The SMILES string of the molecule is CC1(C)C(Nc2cccc(S(C)(=O)=O)c2)C2CCCOC21. The lowest BCUT2D eigenvalue weighted by Crippen LogP contribution is -2.67. The van der Waals surface area contributed by atoms with Crippen molar-refractivity contribution in [1.29, 1.82) is 0 Å². The van der Waals surface area contributed by atoms with Gasteiger partial charge in [0.05, 0.1) is 11.0 Å². The molecule has 1 aliphatic carbocycles. The Hall–Kier alpha value is -1.07. The molecule has 1 heterocycles. The largest absolute Gasteiger partial charge is 0.381 e. The first kappa shape index (κ1) is 14.9. The maximum Gasteiger partial charge on any atom is 0.175 e. The van der Waals surface area contributed by atoms with Gasteiger partial charge >= 0.3 is 0 Å². The molecule has 1 aromatic carbocycles. The van der Waals surface area contributed by atoms with Gasteiger partial charge in [0.15, 0.2) is 9.84 Å². The summed E-state index contributed by atoms with van der Waals surface area (Å²) in [6.07, 6.45) is 3.85. The maximum atomic E-state index is 11.7. The molecule has 1 saturated carbocycles. The third kappa shape index (κ3) is 2.57. The lowest BCUT2D eigenvalue weighted by molar-refractivity contribution is -0.177. The summed E-state index contributed by atoms with van der Waals surface area (Å²) < 4.78 is 29.2. The zero-order valence-corrected chi connectivity index (χ0v) is 13.6. The average molecular weight is 309 g/mol. The molecular formula is C16H23NO3S. The minimum Gasteiger partial charge on any atom is -0.381 e. The molecule has 1 aliphatic heterocycles. The molecule has 21 heavy (non-hydrogen) atoms. The van der Waals surface area contributed by atoms with Gasteiger partial charge in [-0.1, -0.05) is 19.9 Å². The predicted molar refractivity (Wildman–Crippen MR) is 83.2 cm³/mol. The molecule has 1 aromatic rings. The van der Waals surface area contributed by atoms with Gasteiger partial charge in [-0.2, -0.15) is 0 Å². The van der Waals surface area contributed by atoms with E-state index in [4.69, 9.17) is 4.74 Å². The van der Waals surface area contributed by atoms with E-state index in [1.807, 2.05) is 6.07 Å². The van der Waals surface area contributed by atoms with Gasteiger partial charge in [-0.15, -0.1) is 0 Å². The van der Waals surface area contributed by atoms with Crippen LogP contribution in [0.2, 0.25) is 0 Å². The molecule has 0 amide bonds. The van der Waals surface area contributed by atoms with E-state index in [0.717, 1.165) is 18.7 Å². The van der Waals surface area contributed by atoms with E-state index >= 15 is 0 Å². The van der Waals surface area contributed by atoms with Crippen LogP contribution in [-0.2, 0) is 14.6 Å². The third-order valence-corrected chi connectivity index (χ3v) is 6.03. The van der Waals surface area contributed by atoms with Crippen molar-refractivity contribution in [3.63, 3.8) is 0 Å². The minimum absolute atomic E-state index is 0.0756. The van der Waals surface area contributed by atoms with Crippen LogP contribution < -0.4 is 5.32 Å². The van der Waals surface area contributed by atoms with Crippen molar-refractivity contribution >= 4 is 15.5 Å². The van der Waals surface area contributed by atoms with Crippen LogP contribution in [0.3, 0.4) is 0 Å². The fraction of sp³-hybridized carbons (Fsp3) is 0.625. The zero-order chi connectivity index (χ0) is 15.3. The highest BCUT2D eigenvalue weighted by Crippen LogP contribution is 2.52. The number of sulfone groups is 1. The molecule has 3 rings (SSSR count).